The van der Waals surface area contributed by atoms with Crippen LogP contribution < -0.4 is 4.74 Å². The summed E-state index contributed by atoms with van der Waals surface area (Å²) >= 11 is 0. The number of carbonyl (C=O) groups excluding carboxylic acids is 1. The molecular weight excluding hydrogens is 544 g/mol. The van der Waals surface area contributed by atoms with Gasteiger partial charge in [-0.1, -0.05) is 0 Å². The lowest BCUT2D eigenvalue weighted by molar-refractivity contribution is -0.193. The third kappa shape index (κ3) is 9.64. The summed E-state index contributed by atoms with van der Waals surface area (Å²) in [4.78, 5) is 38.6. The smallest absolute Gasteiger partial charge is 0.490 e. The van der Waals surface area contributed by atoms with Crippen LogP contribution in [0.5, 0.6) is 5.75 Å². The van der Waals surface area contributed by atoms with E-state index in [-0.39, 0.29) is 11.9 Å². The number of hydrogen-bond acceptors (Lipinski definition) is 6. The monoisotopic (exact) mass is 569 g/mol. The fraction of sp³-hybridized carbons (Fsp3) is 0.500. The van der Waals surface area contributed by atoms with Gasteiger partial charge in [0.25, 0.3) is 0 Å². The fourth-order valence-corrected chi connectivity index (χ4v) is 3.66. The Balaban J connectivity index is 0.000000317. The number of fused-ring (bicyclic) bond motifs is 1. The van der Waals surface area contributed by atoms with Gasteiger partial charge in [0.15, 0.2) is 0 Å². The molecule has 1 saturated heterocycles. The number of amides is 2. The zero-order valence-corrected chi connectivity index (χ0v) is 20.4. The second-order valence-corrected chi connectivity index (χ2v) is 8.37. The SMILES string of the molecule is Cn1cc2c(n1)C(COc1cccnc1)CN(C(=O)N1CCCC1)C2.O=C(O)C(F)(F)F.O=C(O)C(F)(F)F. The first-order valence-corrected chi connectivity index (χ1v) is 11.3. The number of ether oxygens (including phenoxy) is 1. The van der Waals surface area contributed by atoms with E-state index in [0.717, 1.165) is 42.9 Å². The standard InChI is InChI=1S/C18H23N5O2.2C2HF3O2/c1-21-10-14-11-23(18(24)22-7-2-3-8-22)12-15(17(14)20-21)13-25-16-5-4-6-19-9-16;2*3-2(4,5)1(6)7/h4-6,9-10,15H,2-3,7-8,11-13H2,1H3;2*(H,6,7). The van der Waals surface area contributed by atoms with Crippen LogP contribution in [0.15, 0.2) is 30.7 Å². The number of urea groups is 1. The average molecular weight is 569 g/mol. The van der Waals surface area contributed by atoms with E-state index in [1.54, 1.807) is 12.4 Å². The number of alkyl halides is 6. The lowest BCUT2D eigenvalue weighted by atomic mass is 9.97. The molecule has 1 fully saturated rings. The second-order valence-electron chi connectivity index (χ2n) is 8.37. The number of aliphatic carboxylic acids is 2. The van der Waals surface area contributed by atoms with Crippen LogP contribution in [-0.4, -0.2) is 91.3 Å². The van der Waals surface area contributed by atoms with E-state index in [4.69, 9.17) is 24.5 Å². The topological polar surface area (TPSA) is 138 Å². The van der Waals surface area contributed by atoms with Crippen LogP contribution in [0.3, 0.4) is 0 Å². The predicted molar refractivity (Wildman–Crippen MR) is 120 cm³/mol. The summed E-state index contributed by atoms with van der Waals surface area (Å²) < 4.78 is 71.2. The van der Waals surface area contributed by atoms with Crippen LogP contribution >= 0.6 is 0 Å². The zero-order valence-electron chi connectivity index (χ0n) is 20.4. The van der Waals surface area contributed by atoms with E-state index in [0.29, 0.717) is 19.7 Å². The number of halogens is 6. The quantitative estimate of drug-likeness (QED) is 0.538. The highest BCUT2D eigenvalue weighted by Gasteiger charge is 2.39. The highest BCUT2D eigenvalue weighted by atomic mass is 19.4. The number of rotatable bonds is 3. The molecule has 2 aromatic heterocycles. The van der Waals surface area contributed by atoms with Gasteiger partial charge in [-0.05, 0) is 25.0 Å². The molecule has 17 heteroatoms. The molecule has 0 aliphatic carbocycles. The molecular formula is C22H25F6N5O6. The van der Waals surface area contributed by atoms with Crippen molar-refractivity contribution in [2.45, 2.75) is 37.7 Å². The molecule has 2 aliphatic heterocycles. The Morgan fingerprint density at radius 2 is 1.59 bits per heavy atom. The van der Waals surface area contributed by atoms with Crippen LogP contribution in [0.25, 0.3) is 0 Å². The van der Waals surface area contributed by atoms with Gasteiger partial charge in [-0.3, -0.25) is 9.67 Å². The average Bonchev–Trinajstić information content (AvgIpc) is 3.51. The van der Waals surface area contributed by atoms with Crippen molar-refractivity contribution in [3.05, 3.63) is 42.0 Å². The number of nitrogens with zero attached hydrogens (tertiary/aromatic N) is 5. The lowest BCUT2D eigenvalue weighted by Crippen LogP contribution is -2.46. The van der Waals surface area contributed by atoms with Gasteiger partial charge in [0, 0.05) is 44.6 Å². The number of likely N-dealkylation sites (tertiary alicyclic amines) is 1. The molecule has 4 heterocycles. The highest BCUT2D eigenvalue weighted by Crippen LogP contribution is 2.29. The van der Waals surface area contributed by atoms with E-state index >= 15 is 0 Å². The first-order valence-electron chi connectivity index (χ1n) is 11.3. The normalized spacial score (nSPS) is 16.7. The Bertz CT molecular complexity index is 1090. The van der Waals surface area contributed by atoms with Gasteiger partial charge in [0.05, 0.1) is 31.0 Å². The third-order valence-electron chi connectivity index (χ3n) is 5.34. The molecule has 11 nitrogen and oxygen atoms in total. The Hall–Kier alpha value is -4.05. The predicted octanol–water partition coefficient (Wildman–Crippen LogP) is 3.28. The van der Waals surface area contributed by atoms with Crippen molar-refractivity contribution in [1.82, 2.24) is 24.6 Å². The number of aromatic nitrogens is 3. The second kappa shape index (κ2) is 13.1. The molecule has 0 spiro atoms. The summed E-state index contributed by atoms with van der Waals surface area (Å²) in [5, 5.41) is 18.9. The molecule has 0 aromatic carbocycles. The minimum Gasteiger partial charge on any atom is -0.491 e. The molecule has 39 heavy (non-hydrogen) atoms. The Morgan fingerprint density at radius 3 is 2.08 bits per heavy atom. The third-order valence-corrected chi connectivity index (χ3v) is 5.34. The van der Waals surface area contributed by atoms with Crippen LogP contribution in [-0.2, 0) is 23.2 Å². The number of carbonyl (C=O) groups is 3. The molecule has 0 bridgehead atoms. The van der Waals surface area contributed by atoms with Gasteiger partial charge in [0.1, 0.15) is 5.75 Å². The van der Waals surface area contributed by atoms with Gasteiger partial charge in [-0.15, -0.1) is 0 Å². The van der Waals surface area contributed by atoms with Crippen molar-refractivity contribution >= 4 is 18.0 Å². The van der Waals surface area contributed by atoms with Gasteiger partial charge in [-0.2, -0.15) is 31.4 Å². The largest absolute Gasteiger partial charge is 0.491 e. The highest BCUT2D eigenvalue weighted by molar-refractivity contribution is 5.75. The van der Waals surface area contributed by atoms with E-state index in [1.165, 1.54) is 0 Å². The van der Waals surface area contributed by atoms with E-state index < -0.39 is 24.3 Å². The van der Waals surface area contributed by atoms with Gasteiger partial charge in [0.2, 0.25) is 0 Å². The summed E-state index contributed by atoms with van der Waals surface area (Å²) in [5.41, 5.74) is 2.15. The van der Waals surface area contributed by atoms with Crippen LogP contribution in [0.2, 0.25) is 0 Å². The van der Waals surface area contributed by atoms with Gasteiger partial charge in [-0.25, -0.2) is 14.4 Å². The molecule has 1 atom stereocenters. The molecule has 0 saturated carbocycles. The first-order chi connectivity index (χ1) is 18.1. The molecule has 4 rings (SSSR count). The van der Waals surface area contributed by atoms with Crippen molar-refractivity contribution in [2.75, 3.05) is 26.2 Å². The van der Waals surface area contributed by atoms with Gasteiger partial charge < -0.3 is 24.7 Å². The minimum atomic E-state index is -5.08. The summed E-state index contributed by atoms with van der Waals surface area (Å²) in [6.45, 7) is 3.49. The minimum absolute atomic E-state index is 0.0664. The number of pyridine rings is 1. The Labute approximate surface area is 217 Å². The summed E-state index contributed by atoms with van der Waals surface area (Å²) in [5.74, 6) is -4.71. The van der Waals surface area contributed by atoms with Gasteiger partial charge >= 0.3 is 30.3 Å². The molecule has 1 unspecified atom stereocenters. The van der Waals surface area contributed by atoms with Crippen molar-refractivity contribution in [1.29, 1.82) is 0 Å². The summed E-state index contributed by atoms with van der Waals surface area (Å²) in [7, 11) is 1.92. The Morgan fingerprint density at radius 1 is 1.03 bits per heavy atom. The first kappa shape index (κ1) is 31.2. The lowest BCUT2D eigenvalue weighted by Gasteiger charge is -2.34. The van der Waals surface area contributed by atoms with Crippen molar-refractivity contribution in [3.8, 4) is 5.75 Å². The van der Waals surface area contributed by atoms with Crippen molar-refractivity contribution in [3.63, 3.8) is 0 Å². The maximum atomic E-state index is 12.8. The molecule has 2 aliphatic rings. The molecule has 2 amide bonds. The maximum Gasteiger partial charge on any atom is 0.490 e. The zero-order chi connectivity index (χ0) is 29.4. The number of aryl methyl sites for hydroxylation is 1. The molecule has 2 aromatic rings. The van der Waals surface area contributed by atoms with Crippen LogP contribution in [0, 0.1) is 0 Å². The number of carboxylic acid groups (broad SMARTS) is 2. The number of hydrogen-bond donors (Lipinski definition) is 2. The summed E-state index contributed by atoms with van der Waals surface area (Å²) in [6, 6.07) is 3.88. The molecule has 216 valence electrons. The molecule has 0 radical (unpaired) electrons. The summed E-state index contributed by atoms with van der Waals surface area (Å²) in [6.07, 6.45) is -2.53. The van der Waals surface area contributed by atoms with E-state index in [1.807, 2.05) is 39.9 Å². The van der Waals surface area contributed by atoms with Crippen LogP contribution in [0.1, 0.15) is 30.0 Å². The Kier molecular flexibility index (Phi) is 10.5. The van der Waals surface area contributed by atoms with Crippen molar-refractivity contribution < 1.29 is 55.7 Å². The van der Waals surface area contributed by atoms with E-state index in [2.05, 4.69) is 10.1 Å². The molecule has 2 N–H and O–H groups in total. The van der Waals surface area contributed by atoms with E-state index in [9.17, 15) is 31.1 Å². The fourth-order valence-electron chi connectivity index (χ4n) is 3.66. The van der Waals surface area contributed by atoms with Crippen LogP contribution in [0.4, 0.5) is 31.1 Å². The maximum absolute atomic E-state index is 12.8. The van der Waals surface area contributed by atoms with Crippen molar-refractivity contribution in [2.24, 2.45) is 7.05 Å². The number of carboxylic acids is 2.